The van der Waals surface area contributed by atoms with Crippen molar-refractivity contribution in [3.05, 3.63) is 59.4 Å². The molecule has 0 aliphatic carbocycles. The summed E-state index contributed by atoms with van der Waals surface area (Å²) in [6.07, 6.45) is 4.78. The highest BCUT2D eigenvalue weighted by atomic mass is 16.5. The third-order valence-electron chi connectivity index (χ3n) is 4.09. The van der Waals surface area contributed by atoms with Crippen LogP contribution in [0.1, 0.15) is 23.1 Å². The normalized spacial score (nSPS) is 17.3. The van der Waals surface area contributed by atoms with Gasteiger partial charge in [-0.05, 0) is 36.6 Å². The Hall–Kier alpha value is -1.91. The van der Waals surface area contributed by atoms with Gasteiger partial charge in [-0.2, -0.15) is 0 Å². The highest BCUT2D eigenvalue weighted by Crippen LogP contribution is 2.22. The van der Waals surface area contributed by atoms with E-state index >= 15 is 0 Å². The van der Waals surface area contributed by atoms with Gasteiger partial charge in [0.1, 0.15) is 5.75 Å². The second-order valence-corrected chi connectivity index (χ2v) is 6.12. The highest BCUT2D eigenvalue weighted by molar-refractivity contribution is 5.37. The number of nitrogens with one attached hydrogen (secondary N) is 1. The first kappa shape index (κ1) is 16.0. The first-order chi connectivity index (χ1) is 11.3. The molecule has 4 nitrogen and oxygen atoms in total. The summed E-state index contributed by atoms with van der Waals surface area (Å²) in [4.78, 5) is 4.14. The van der Waals surface area contributed by atoms with E-state index < -0.39 is 0 Å². The predicted octanol–water partition coefficient (Wildman–Crippen LogP) is 3.10. The van der Waals surface area contributed by atoms with Crippen LogP contribution in [0, 0.1) is 12.8 Å². The highest BCUT2D eigenvalue weighted by Gasteiger charge is 2.17. The molecule has 1 aliphatic rings. The van der Waals surface area contributed by atoms with E-state index in [-0.39, 0.29) is 0 Å². The largest absolute Gasteiger partial charge is 0.493 e. The molecule has 1 atom stereocenters. The summed E-state index contributed by atoms with van der Waals surface area (Å²) in [5.41, 5.74) is 3.60. The van der Waals surface area contributed by atoms with Crippen LogP contribution in [-0.2, 0) is 17.8 Å². The van der Waals surface area contributed by atoms with Gasteiger partial charge in [0.15, 0.2) is 0 Å². The number of nitrogens with zero attached hydrogens (tertiary/aromatic N) is 1. The van der Waals surface area contributed by atoms with Gasteiger partial charge < -0.3 is 14.8 Å². The second kappa shape index (κ2) is 8.09. The van der Waals surface area contributed by atoms with E-state index in [1.165, 1.54) is 16.7 Å². The van der Waals surface area contributed by atoms with Crippen LogP contribution in [0.5, 0.6) is 5.75 Å². The van der Waals surface area contributed by atoms with Crippen LogP contribution in [0.2, 0.25) is 0 Å². The molecule has 0 saturated carbocycles. The monoisotopic (exact) mass is 312 g/mol. The summed E-state index contributed by atoms with van der Waals surface area (Å²) in [5.74, 6) is 1.50. The van der Waals surface area contributed by atoms with Gasteiger partial charge in [-0.15, -0.1) is 0 Å². The maximum Gasteiger partial charge on any atom is 0.124 e. The van der Waals surface area contributed by atoms with Crippen LogP contribution >= 0.6 is 0 Å². The molecule has 0 unspecified atom stereocenters. The molecule has 2 aromatic rings. The van der Waals surface area contributed by atoms with E-state index in [0.29, 0.717) is 5.92 Å². The zero-order valence-corrected chi connectivity index (χ0v) is 13.6. The Balaban J connectivity index is 1.56. The van der Waals surface area contributed by atoms with E-state index in [1.54, 1.807) is 6.20 Å². The van der Waals surface area contributed by atoms with Crippen molar-refractivity contribution in [3.63, 3.8) is 0 Å². The third kappa shape index (κ3) is 4.78. The van der Waals surface area contributed by atoms with Crippen molar-refractivity contribution < 1.29 is 9.47 Å². The van der Waals surface area contributed by atoms with Crippen molar-refractivity contribution in [2.24, 2.45) is 5.92 Å². The Morgan fingerprint density at radius 2 is 2.26 bits per heavy atom. The average Bonchev–Trinajstić information content (AvgIpc) is 3.09. The number of rotatable bonds is 7. The quantitative estimate of drug-likeness (QED) is 0.853. The summed E-state index contributed by atoms with van der Waals surface area (Å²) in [6, 6.07) is 10.4. The first-order valence-electron chi connectivity index (χ1n) is 8.21. The van der Waals surface area contributed by atoms with E-state index in [2.05, 4.69) is 41.5 Å². The molecule has 0 radical (unpaired) electrons. The van der Waals surface area contributed by atoms with Gasteiger partial charge in [-0.3, -0.25) is 4.98 Å². The number of hydrogen-bond acceptors (Lipinski definition) is 4. The molecule has 0 spiro atoms. The number of aryl methyl sites for hydroxylation is 1. The fourth-order valence-corrected chi connectivity index (χ4v) is 2.71. The number of ether oxygens (including phenoxy) is 2. The van der Waals surface area contributed by atoms with Crippen LogP contribution in [0.4, 0.5) is 0 Å². The van der Waals surface area contributed by atoms with Gasteiger partial charge in [0.05, 0.1) is 13.2 Å². The van der Waals surface area contributed by atoms with Crippen LogP contribution < -0.4 is 10.1 Å². The molecule has 0 bridgehead atoms. The molecule has 1 N–H and O–H groups in total. The Kier molecular flexibility index (Phi) is 5.61. The molecule has 0 amide bonds. The predicted molar refractivity (Wildman–Crippen MR) is 90.4 cm³/mol. The van der Waals surface area contributed by atoms with Crippen molar-refractivity contribution in [2.45, 2.75) is 26.4 Å². The summed E-state index contributed by atoms with van der Waals surface area (Å²) in [7, 11) is 0. The van der Waals surface area contributed by atoms with Crippen LogP contribution in [0.15, 0.2) is 42.7 Å². The summed E-state index contributed by atoms with van der Waals surface area (Å²) >= 11 is 0. The molecule has 4 heteroatoms. The lowest BCUT2D eigenvalue weighted by Gasteiger charge is -2.15. The summed E-state index contributed by atoms with van der Waals surface area (Å²) in [5, 5.41) is 3.46. The maximum absolute atomic E-state index is 6.07. The lowest BCUT2D eigenvalue weighted by Crippen LogP contribution is -2.16. The number of aromatic nitrogens is 1. The lowest BCUT2D eigenvalue weighted by atomic mass is 10.1. The van der Waals surface area contributed by atoms with E-state index in [4.69, 9.17) is 9.47 Å². The Bertz CT molecular complexity index is 610. The molecule has 1 aromatic heterocycles. The van der Waals surface area contributed by atoms with Crippen molar-refractivity contribution in [3.8, 4) is 5.75 Å². The van der Waals surface area contributed by atoms with Gasteiger partial charge in [0, 0.05) is 43.6 Å². The molecule has 1 saturated heterocycles. The van der Waals surface area contributed by atoms with Crippen molar-refractivity contribution >= 4 is 0 Å². The molecule has 1 fully saturated rings. The van der Waals surface area contributed by atoms with Crippen LogP contribution in [0.25, 0.3) is 0 Å². The van der Waals surface area contributed by atoms with Gasteiger partial charge in [-0.25, -0.2) is 0 Å². The summed E-state index contributed by atoms with van der Waals surface area (Å²) < 4.78 is 11.5. The van der Waals surface area contributed by atoms with Gasteiger partial charge in [0.2, 0.25) is 0 Å². The SMILES string of the molecule is Cc1ccc(CNCc2cccnc2)c(OC[C@H]2CCOC2)c1. The van der Waals surface area contributed by atoms with Crippen LogP contribution in [0.3, 0.4) is 0 Å². The zero-order chi connectivity index (χ0) is 15.9. The zero-order valence-electron chi connectivity index (χ0n) is 13.6. The lowest BCUT2D eigenvalue weighted by molar-refractivity contribution is 0.166. The van der Waals surface area contributed by atoms with Crippen molar-refractivity contribution in [2.75, 3.05) is 19.8 Å². The minimum Gasteiger partial charge on any atom is -0.493 e. The second-order valence-electron chi connectivity index (χ2n) is 6.12. The van der Waals surface area contributed by atoms with E-state index in [1.807, 2.05) is 12.3 Å². The minimum atomic E-state index is 0.520. The first-order valence-corrected chi connectivity index (χ1v) is 8.21. The molecular formula is C19H24N2O2. The number of hydrogen-bond donors (Lipinski definition) is 1. The van der Waals surface area contributed by atoms with E-state index in [9.17, 15) is 0 Å². The molecular weight excluding hydrogens is 288 g/mol. The standard InChI is InChI=1S/C19H24N2O2/c1-15-4-5-18(12-21-11-16-3-2-7-20-10-16)19(9-15)23-14-17-6-8-22-13-17/h2-5,7,9-10,17,21H,6,8,11-14H2,1H3/t17-/m0/s1. The molecule has 1 aliphatic heterocycles. The van der Waals surface area contributed by atoms with E-state index in [0.717, 1.165) is 45.1 Å². The maximum atomic E-state index is 6.07. The smallest absolute Gasteiger partial charge is 0.124 e. The molecule has 3 rings (SSSR count). The number of benzene rings is 1. The third-order valence-corrected chi connectivity index (χ3v) is 4.09. The van der Waals surface area contributed by atoms with Gasteiger partial charge in [-0.1, -0.05) is 18.2 Å². The average molecular weight is 312 g/mol. The van der Waals surface area contributed by atoms with Gasteiger partial charge in [0.25, 0.3) is 0 Å². The Labute approximate surface area is 137 Å². The Morgan fingerprint density at radius 1 is 1.30 bits per heavy atom. The molecule has 2 heterocycles. The fraction of sp³-hybridized carbons (Fsp3) is 0.421. The van der Waals surface area contributed by atoms with Crippen molar-refractivity contribution in [1.29, 1.82) is 0 Å². The molecule has 1 aromatic carbocycles. The molecule has 122 valence electrons. The Morgan fingerprint density at radius 3 is 3.04 bits per heavy atom. The minimum absolute atomic E-state index is 0.520. The number of pyridine rings is 1. The fourth-order valence-electron chi connectivity index (χ4n) is 2.71. The molecule has 23 heavy (non-hydrogen) atoms. The van der Waals surface area contributed by atoms with Crippen LogP contribution in [-0.4, -0.2) is 24.8 Å². The topological polar surface area (TPSA) is 43.4 Å². The van der Waals surface area contributed by atoms with Crippen molar-refractivity contribution in [1.82, 2.24) is 10.3 Å². The van der Waals surface area contributed by atoms with Gasteiger partial charge >= 0.3 is 0 Å². The summed E-state index contributed by atoms with van der Waals surface area (Å²) in [6.45, 7) is 6.10.